The first-order valence-electron chi connectivity index (χ1n) is 5.54. The summed E-state index contributed by atoms with van der Waals surface area (Å²) in [5, 5.41) is 3.04. The number of nitrogens with one attached hydrogen (secondary N) is 1. The normalized spacial score (nSPS) is 12.4. The molecule has 1 unspecified atom stereocenters. The molecule has 0 aromatic carbocycles. The summed E-state index contributed by atoms with van der Waals surface area (Å²) in [6.45, 7) is 4.04. The van der Waals surface area contributed by atoms with Crippen molar-refractivity contribution in [3.8, 4) is 0 Å². The Balaban J connectivity index is 2.02. The topological polar surface area (TPSA) is 37.8 Å². The number of nitrogens with zero attached hydrogens (tertiary/aromatic N) is 2. The molecule has 0 saturated carbocycles. The first-order chi connectivity index (χ1) is 8.54. The van der Waals surface area contributed by atoms with Gasteiger partial charge in [-0.25, -0.2) is 9.37 Å². The van der Waals surface area contributed by atoms with E-state index in [2.05, 4.69) is 34.3 Å². The minimum atomic E-state index is -0.492. The van der Waals surface area contributed by atoms with Crippen molar-refractivity contribution in [2.75, 3.05) is 5.32 Å². The van der Waals surface area contributed by atoms with Crippen molar-refractivity contribution < 1.29 is 4.39 Å². The number of anilines is 1. The largest absolute Gasteiger partial charge is 0.365 e. The molecule has 1 atom stereocenters. The van der Waals surface area contributed by atoms with E-state index in [1.54, 1.807) is 11.3 Å². The molecule has 0 aliphatic rings. The summed E-state index contributed by atoms with van der Waals surface area (Å²) in [6.07, 6.45) is 1.89. The SMILES string of the molecule is Cc1ccc(CC(C)Nc2nc(Cl)ncc2F)s1. The zero-order chi connectivity index (χ0) is 13.1. The number of halogens is 2. The van der Waals surface area contributed by atoms with E-state index in [1.165, 1.54) is 9.75 Å². The van der Waals surface area contributed by atoms with Crippen LogP contribution in [-0.4, -0.2) is 16.0 Å². The Bertz CT molecular complexity index is 544. The second-order valence-corrected chi connectivity index (χ2v) is 5.81. The van der Waals surface area contributed by atoms with Crippen LogP contribution in [0.1, 0.15) is 16.7 Å². The summed E-state index contributed by atoms with van der Waals surface area (Å²) in [4.78, 5) is 9.94. The Hall–Kier alpha value is -1.20. The van der Waals surface area contributed by atoms with Crippen LogP contribution in [0, 0.1) is 12.7 Å². The van der Waals surface area contributed by atoms with Crippen molar-refractivity contribution in [2.24, 2.45) is 0 Å². The number of aromatic nitrogens is 2. The number of hydrogen-bond acceptors (Lipinski definition) is 4. The molecule has 0 saturated heterocycles. The Morgan fingerprint density at radius 3 is 2.94 bits per heavy atom. The molecule has 0 fully saturated rings. The molecule has 2 aromatic rings. The van der Waals surface area contributed by atoms with Crippen LogP contribution in [0.3, 0.4) is 0 Å². The average molecular weight is 286 g/mol. The molecule has 6 heteroatoms. The Labute approximate surface area is 114 Å². The Morgan fingerprint density at radius 1 is 1.50 bits per heavy atom. The third-order valence-electron chi connectivity index (χ3n) is 2.40. The maximum absolute atomic E-state index is 13.4. The zero-order valence-corrected chi connectivity index (χ0v) is 11.6. The molecule has 0 bridgehead atoms. The van der Waals surface area contributed by atoms with Crippen LogP contribution in [-0.2, 0) is 6.42 Å². The van der Waals surface area contributed by atoms with Crippen molar-refractivity contribution >= 4 is 28.8 Å². The van der Waals surface area contributed by atoms with Gasteiger partial charge in [-0.15, -0.1) is 11.3 Å². The highest BCUT2D eigenvalue weighted by Gasteiger charge is 2.10. The summed E-state index contributed by atoms with van der Waals surface area (Å²) >= 11 is 7.38. The quantitative estimate of drug-likeness (QED) is 0.871. The lowest BCUT2D eigenvalue weighted by Gasteiger charge is -2.13. The van der Waals surface area contributed by atoms with E-state index in [0.717, 1.165) is 12.6 Å². The van der Waals surface area contributed by atoms with E-state index in [-0.39, 0.29) is 17.1 Å². The lowest BCUT2D eigenvalue weighted by atomic mass is 10.2. The zero-order valence-electron chi connectivity index (χ0n) is 10.1. The number of aryl methyl sites for hydroxylation is 1. The van der Waals surface area contributed by atoms with Crippen LogP contribution in [0.2, 0.25) is 5.28 Å². The Morgan fingerprint density at radius 2 is 2.28 bits per heavy atom. The molecular formula is C12H13ClFN3S. The van der Waals surface area contributed by atoms with Gasteiger partial charge in [0.2, 0.25) is 5.28 Å². The first kappa shape index (κ1) is 13.2. The van der Waals surface area contributed by atoms with Gasteiger partial charge in [0.05, 0.1) is 6.20 Å². The molecule has 2 aromatic heterocycles. The molecule has 3 nitrogen and oxygen atoms in total. The van der Waals surface area contributed by atoms with Crippen LogP contribution >= 0.6 is 22.9 Å². The van der Waals surface area contributed by atoms with Crippen LogP contribution in [0.25, 0.3) is 0 Å². The first-order valence-corrected chi connectivity index (χ1v) is 6.74. The standard InChI is InChI=1S/C12H13ClFN3S/c1-7(5-9-4-3-8(2)18-9)16-11-10(14)6-15-12(13)17-11/h3-4,6-7H,5H2,1-2H3,(H,15,16,17). The van der Waals surface area contributed by atoms with E-state index >= 15 is 0 Å². The second kappa shape index (κ2) is 5.63. The number of rotatable bonds is 4. The fraction of sp³-hybridized carbons (Fsp3) is 0.333. The molecule has 0 amide bonds. The molecule has 0 aliphatic carbocycles. The fourth-order valence-corrected chi connectivity index (χ4v) is 2.78. The van der Waals surface area contributed by atoms with Crippen molar-refractivity contribution in [2.45, 2.75) is 26.3 Å². The summed E-state index contributed by atoms with van der Waals surface area (Å²) in [5.74, 6) is -0.343. The summed E-state index contributed by atoms with van der Waals surface area (Å²) in [5.41, 5.74) is 0. The smallest absolute Gasteiger partial charge is 0.224 e. The molecule has 0 radical (unpaired) electrons. The lowest BCUT2D eigenvalue weighted by Crippen LogP contribution is -2.19. The van der Waals surface area contributed by atoms with Crippen molar-refractivity contribution in [1.82, 2.24) is 9.97 Å². The Kier molecular flexibility index (Phi) is 4.14. The van der Waals surface area contributed by atoms with Crippen LogP contribution in [0.15, 0.2) is 18.3 Å². The van der Waals surface area contributed by atoms with Gasteiger partial charge in [0.1, 0.15) is 0 Å². The molecule has 18 heavy (non-hydrogen) atoms. The molecule has 1 N–H and O–H groups in total. The van der Waals surface area contributed by atoms with Gasteiger partial charge in [0, 0.05) is 22.2 Å². The van der Waals surface area contributed by atoms with E-state index in [0.29, 0.717) is 0 Å². The van der Waals surface area contributed by atoms with Gasteiger partial charge in [0.25, 0.3) is 0 Å². The highest BCUT2D eigenvalue weighted by molar-refractivity contribution is 7.11. The highest BCUT2D eigenvalue weighted by Crippen LogP contribution is 2.19. The van der Waals surface area contributed by atoms with E-state index in [4.69, 9.17) is 11.6 Å². The highest BCUT2D eigenvalue weighted by atomic mass is 35.5. The minimum absolute atomic E-state index is 0.0399. The van der Waals surface area contributed by atoms with Gasteiger partial charge in [-0.05, 0) is 37.6 Å². The summed E-state index contributed by atoms with van der Waals surface area (Å²) < 4.78 is 13.4. The molecule has 2 rings (SSSR count). The van der Waals surface area contributed by atoms with Crippen LogP contribution in [0.4, 0.5) is 10.2 Å². The van der Waals surface area contributed by atoms with Crippen LogP contribution < -0.4 is 5.32 Å². The predicted molar refractivity (Wildman–Crippen MR) is 72.8 cm³/mol. The van der Waals surface area contributed by atoms with Gasteiger partial charge in [-0.3, -0.25) is 0 Å². The molecule has 0 spiro atoms. The predicted octanol–water partition coefficient (Wildman–Crippen LogP) is 3.68. The fourth-order valence-electron chi connectivity index (χ4n) is 1.63. The van der Waals surface area contributed by atoms with Gasteiger partial charge in [0.15, 0.2) is 11.6 Å². The van der Waals surface area contributed by atoms with E-state index in [9.17, 15) is 4.39 Å². The maximum atomic E-state index is 13.4. The maximum Gasteiger partial charge on any atom is 0.224 e. The van der Waals surface area contributed by atoms with Crippen molar-refractivity contribution in [3.63, 3.8) is 0 Å². The van der Waals surface area contributed by atoms with E-state index in [1.807, 2.05) is 6.92 Å². The summed E-state index contributed by atoms with van der Waals surface area (Å²) in [7, 11) is 0. The van der Waals surface area contributed by atoms with Gasteiger partial charge in [-0.1, -0.05) is 0 Å². The monoisotopic (exact) mass is 285 g/mol. The lowest BCUT2D eigenvalue weighted by molar-refractivity contribution is 0.612. The number of thiophene rings is 1. The van der Waals surface area contributed by atoms with Crippen molar-refractivity contribution in [3.05, 3.63) is 39.2 Å². The molecule has 2 heterocycles. The number of hydrogen-bond donors (Lipinski definition) is 1. The minimum Gasteiger partial charge on any atom is -0.365 e. The van der Waals surface area contributed by atoms with Gasteiger partial charge in [-0.2, -0.15) is 4.98 Å². The summed E-state index contributed by atoms with van der Waals surface area (Å²) in [6, 6.07) is 4.24. The average Bonchev–Trinajstić information content (AvgIpc) is 2.69. The van der Waals surface area contributed by atoms with Crippen LogP contribution in [0.5, 0.6) is 0 Å². The van der Waals surface area contributed by atoms with E-state index < -0.39 is 5.82 Å². The van der Waals surface area contributed by atoms with Crippen molar-refractivity contribution in [1.29, 1.82) is 0 Å². The third-order valence-corrected chi connectivity index (χ3v) is 3.61. The van der Waals surface area contributed by atoms with Gasteiger partial charge < -0.3 is 5.32 Å². The molecular weight excluding hydrogens is 273 g/mol. The second-order valence-electron chi connectivity index (χ2n) is 4.10. The molecule has 96 valence electrons. The van der Waals surface area contributed by atoms with Gasteiger partial charge >= 0.3 is 0 Å². The molecule has 0 aliphatic heterocycles. The third kappa shape index (κ3) is 3.40.